The van der Waals surface area contributed by atoms with Gasteiger partial charge in [-0.1, -0.05) is 0 Å². The molecule has 0 saturated carbocycles. The Labute approximate surface area is 196 Å². The highest BCUT2D eigenvalue weighted by molar-refractivity contribution is 5.90. The Bertz CT molecular complexity index is 1200. The first kappa shape index (κ1) is 23.1. The molecule has 1 atom stereocenters. The van der Waals surface area contributed by atoms with Gasteiger partial charge in [0.2, 0.25) is 0 Å². The number of rotatable bonds is 5. The van der Waals surface area contributed by atoms with Crippen LogP contribution in [0.2, 0.25) is 0 Å². The minimum atomic E-state index is -0.606. The lowest BCUT2D eigenvalue weighted by molar-refractivity contribution is 0.111. The molecule has 0 aromatic carbocycles. The molecule has 1 saturated heterocycles. The summed E-state index contributed by atoms with van der Waals surface area (Å²) >= 11 is 0. The SMILES string of the molecule is COC(=O)Nc1cc(-c2cnnc(-c3cc(NC(=O)N4CC[C@@H](OC)C4)cnc3C)c2)ccn1. The number of pyridine rings is 2. The Morgan fingerprint density at radius 3 is 2.71 bits per heavy atom. The first-order valence-corrected chi connectivity index (χ1v) is 10.7. The van der Waals surface area contributed by atoms with Crippen LogP contribution in [0.1, 0.15) is 12.1 Å². The van der Waals surface area contributed by atoms with Gasteiger partial charge in [0.15, 0.2) is 0 Å². The molecule has 3 aromatic rings. The molecule has 1 aliphatic heterocycles. The van der Waals surface area contributed by atoms with Gasteiger partial charge in [-0.2, -0.15) is 10.2 Å². The minimum absolute atomic E-state index is 0.0620. The van der Waals surface area contributed by atoms with Crippen molar-refractivity contribution >= 4 is 23.6 Å². The Kier molecular flexibility index (Phi) is 6.93. The third-order valence-electron chi connectivity index (χ3n) is 5.54. The zero-order valence-corrected chi connectivity index (χ0v) is 19.1. The number of nitrogens with zero attached hydrogens (tertiary/aromatic N) is 5. The van der Waals surface area contributed by atoms with Crippen molar-refractivity contribution < 1.29 is 19.1 Å². The molecule has 0 radical (unpaired) electrons. The van der Waals surface area contributed by atoms with Crippen LogP contribution in [0.25, 0.3) is 22.4 Å². The van der Waals surface area contributed by atoms with Crippen LogP contribution in [0.4, 0.5) is 21.1 Å². The molecular weight excluding hydrogens is 438 g/mol. The predicted molar refractivity (Wildman–Crippen MR) is 125 cm³/mol. The smallest absolute Gasteiger partial charge is 0.412 e. The van der Waals surface area contributed by atoms with Crippen molar-refractivity contribution in [3.8, 4) is 22.4 Å². The first-order chi connectivity index (χ1) is 16.5. The van der Waals surface area contributed by atoms with Crippen molar-refractivity contribution in [3.05, 3.63) is 48.5 Å². The quantitative estimate of drug-likeness (QED) is 0.589. The van der Waals surface area contributed by atoms with Crippen LogP contribution in [-0.4, -0.2) is 70.6 Å². The van der Waals surface area contributed by atoms with E-state index in [1.54, 1.807) is 42.7 Å². The second-order valence-corrected chi connectivity index (χ2v) is 7.76. The molecule has 0 bridgehead atoms. The zero-order chi connectivity index (χ0) is 24.1. The average molecular weight is 463 g/mol. The monoisotopic (exact) mass is 463 g/mol. The van der Waals surface area contributed by atoms with Crippen molar-refractivity contribution in [1.82, 2.24) is 25.1 Å². The fraction of sp³-hybridized carbons (Fsp3) is 0.304. The van der Waals surface area contributed by atoms with Gasteiger partial charge in [-0.25, -0.2) is 14.6 Å². The van der Waals surface area contributed by atoms with Gasteiger partial charge < -0.3 is 19.7 Å². The highest BCUT2D eigenvalue weighted by Crippen LogP contribution is 2.28. The molecule has 3 amide bonds. The van der Waals surface area contributed by atoms with E-state index < -0.39 is 6.09 Å². The number of carbonyl (C=O) groups is 2. The zero-order valence-electron chi connectivity index (χ0n) is 19.1. The predicted octanol–water partition coefficient (Wildman–Crippen LogP) is 3.34. The number of ether oxygens (including phenoxy) is 2. The number of methoxy groups -OCH3 is 2. The van der Waals surface area contributed by atoms with Gasteiger partial charge in [0.05, 0.1) is 37.0 Å². The standard InChI is InChI=1S/C23H25N7O4/c1-14-19(10-17(12-25-14)27-22(31)30-7-5-18(13-30)33-2)20-8-16(11-26-29-20)15-4-6-24-21(9-15)28-23(32)34-3/h4,6,8-12,18H,5,7,13H2,1-3H3,(H,27,31)(H,24,28,32)/t18-/m1/s1. The number of likely N-dealkylation sites (tertiary alicyclic amines) is 1. The first-order valence-electron chi connectivity index (χ1n) is 10.7. The molecule has 1 fully saturated rings. The van der Waals surface area contributed by atoms with Gasteiger partial charge in [0.1, 0.15) is 5.82 Å². The van der Waals surface area contributed by atoms with Crippen molar-refractivity contribution in [1.29, 1.82) is 0 Å². The summed E-state index contributed by atoms with van der Waals surface area (Å²) in [6.07, 6.45) is 5.09. The molecule has 176 valence electrons. The summed E-state index contributed by atoms with van der Waals surface area (Å²) in [5, 5.41) is 13.8. The largest absolute Gasteiger partial charge is 0.453 e. The highest BCUT2D eigenvalue weighted by atomic mass is 16.5. The Balaban J connectivity index is 1.56. The van der Waals surface area contributed by atoms with Gasteiger partial charge in [0, 0.05) is 43.2 Å². The number of nitrogens with one attached hydrogen (secondary N) is 2. The fourth-order valence-corrected chi connectivity index (χ4v) is 3.66. The van der Waals surface area contributed by atoms with Crippen molar-refractivity contribution in [3.63, 3.8) is 0 Å². The van der Waals surface area contributed by atoms with E-state index in [2.05, 4.69) is 35.5 Å². The number of carbonyl (C=O) groups excluding carboxylic acids is 2. The summed E-state index contributed by atoms with van der Waals surface area (Å²) in [7, 11) is 2.94. The maximum Gasteiger partial charge on any atom is 0.412 e. The average Bonchev–Trinajstić information content (AvgIpc) is 3.35. The van der Waals surface area contributed by atoms with Crippen LogP contribution >= 0.6 is 0 Å². The molecule has 4 heterocycles. The molecule has 1 aliphatic rings. The van der Waals surface area contributed by atoms with E-state index in [1.165, 1.54) is 7.11 Å². The third kappa shape index (κ3) is 5.26. The van der Waals surface area contributed by atoms with Gasteiger partial charge >= 0.3 is 12.1 Å². The highest BCUT2D eigenvalue weighted by Gasteiger charge is 2.26. The molecule has 34 heavy (non-hydrogen) atoms. The van der Waals surface area contributed by atoms with Crippen LogP contribution < -0.4 is 10.6 Å². The molecule has 0 unspecified atom stereocenters. The summed E-state index contributed by atoms with van der Waals surface area (Å²) in [6, 6.07) is 7.01. The van der Waals surface area contributed by atoms with Gasteiger partial charge in [-0.05, 0) is 43.2 Å². The Hall–Kier alpha value is -4.12. The molecule has 4 rings (SSSR count). The summed E-state index contributed by atoms with van der Waals surface area (Å²) in [5.41, 5.74) is 4.20. The maximum absolute atomic E-state index is 12.6. The van der Waals surface area contributed by atoms with Crippen LogP contribution in [0.3, 0.4) is 0 Å². The van der Waals surface area contributed by atoms with Gasteiger partial charge in [0.25, 0.3) is 0 Å². The molecule has 3 aromatic heterocycles. The van der Waals surface area contributed by atoms with Gasteiger partial charge in [-0.15, -0.1) is 0 Å². The number of hydrogen-bond donors (Lipinski definition) is 2. The van der Waals surface area contributed by atoms with Gasteiger partial charge in [-0.3, -0.25) is 10.3 Å². The van der Waals surface area contributed by atoms with Crippen LogP contribution in [0, 0.1) is 6.92 Å². The fourth-order valence-electron chi connectivity index (χ4n) is 3.66. The van der Waals surface area contributed by atoms with E-state index in [0.717, 1.165) is 28.8 Å². The summed E-state index contributed by atoms with van der Waals surface area (Å²) in [5.74, 6) is 0.350. The van der Waals surface area contributed by atoms with E-state index in [0.29, 0.717) is 30.3 Å². The Morgan fingerprint density at radius 1 is 1.09 bits per heavy atom. The van der Waals surface area contributed by atoms with E-state index >= 15 is 0 Å². The molecule has 2 N–H and O–H groups in total. The lowest BCUT2D eigenvalue weighted by Gasteiger charge is -2.17. The molecule has 0 spiro atoms. The number of urea groups is 1. The Morgan fingerprint density at radius 2 is 1.94 bits per heavy atom. The molecule has 11 nitrogen and oxygen atoms in total. The lowest BCUT2D eigenvalue weighted by atomic mass is 10.0. The lowest BCUT2D eigenvalue weighted by Crippen LogP contribution is -2.33. The third-order valence-corrected chi connectivity index (χ3v) is 5.54. The van der Waals surface area contributed by atoms with E-state index in [9.17, 15) is 9.59 Å². The second-order valence-electron chi connectivity index (χ2n) is 7.76. The van der Waals surface area contributed by atoms with E-state index in [-0.39, 0.29) is 12.1 Å². The summed E-state index contributed by atoms with van der Waals surface area (Å²) < 4.78 is 9.95. The molecule has 0 aliphatic carbocycles. The molecule has 11 heteroatoms. The van der Waals surface area contributed by atoms with Crippen LogP contribution in [0.15, 0.2) is 42.9 Å². The maximum atomic E-state index is 12.6. The number of hydrogen-bond acceptors (Lipinski definition) is 8. The van der Waals surface area contributed by atoms with Crippen molar-refractivity contribution in [2.75, 3.05) is 37.9 Å². The number of amides is 3. The second kappa shape index (κ2) is 10.2. The van der Waals surface area contributed by atoms with E-state index in [4.69, 9.17) is 4.74 Å². The number of anilines is 2. The van der Waals surface area contributed by atoms with Crippen molar-refractivity contribution in [2.45, 2.75) is 19.4 Å². The minimum Gasteiger partial charge on any atom is -0.453 e. The number of aromatic nitrogens is 4. The number of aryl methyl sites for hydroxylation is 1. The summed E-state index contributed by atoms with van der Waals surface area (Å²) in [6.45, 7) is 3.06. The normalized spacial score (nSPS) is 15.1. The van der Waals surface area contributed by atoms with E-state index in [1.807, 2.05) is 19.1 Å². The van der Waals surface area contributed by atoms with Crippen molar-refractivity contribution in [2.24, 2.45) is 0 Å². The topological polar surface area (TPSA) is 131 Å². The van der Waals surface area contributed by atoms with Crippen LogP contribution in [0.5, 0.6) is 0 Å². The summed E-state index contributed by atoms with van der Waals surface area (Å²) in [4.78, 5) is 34.4. The molecular formula is C23H25N7O4. The van der Waals surface area contributed by atoms with Crippen LogP contribution in [-0.2, 0) is 9.47 Å².